The molecule has 2 heterocycles. The average Bonchev–Trinajstić information content (AvgIpc) is 3.24. The quantitative estimate of drug-likeness (QED) is 0.303. The smallest absolute Gasteiger partial charge is 0.374 e. The predicted molar refractivity (Wildman–Crippen MR) is 126 cm³/mol. The van der Waals surface area contributed by atoms with Gasteiger partial charge in [-0.1, -0.05) is 11.6 Å². The summed E-state index contributed by atoms with van der Waals surface area (Å²) in [7, 11) is 0. The topological polar surface area (TPSA) is 78.9 Å². The number of aryl methyl sites for hydroxylation is 2. The second kappa shape index (κ2) is 9.16. The fraction of sp³-hybridized carbons (Fsp3) is 0.231. The molecule has 0 aliphatic rings. The van der Waals surface area contributed by atoms with Crippen molar-refractivity contribution >= 4 is 28.5 Å². The molecule has 2 aromatic heterocycles. The van der Waals surface area contributed by atoms with Gasteiger partial charge in [-0.15, -0.1) is 0 Å². The summed E-state index contributed by atoms with van der Waals surface area (Å²) in [6.07, 6.45) is -0.265. The number of hydrogen-bond donors (Lipinski definition) is 0. The first-order valence-electron chi connectivity index (χ1n) is 10.5. The van der Waals surface area contributed by atoms with Crippen LogP contribution in [0.1, 0.15) is 41.3 Å². The minimum Gasteiger partial charge on any atom is -0.478 e. The van der Waals surface area contributed by atoms with Gasteiger partial charge in [0.05, 0.1) is 11.5 Å². The monoisotopic (exact) mass is 466 g/mol. The molecule has 0 fully saturated rings. The van der Waals surface area contributed by atoms with Crippen LogP contribution in [-0.2, 0) is 11.3 Å². The van der Waals surface area contributed by atoms with Crippen molar-refractivity contribution in [3.05, 3.63) is 86.4 Å². The SMILES string of the molecule is Cc1cc2oc(-c3ccc(Cl)cc3)c(OCc3ccc(C(=O)OC(C)C)o3)c(=O)c2cc1C. The summed E-state index contributed by atoms with van der Waals surface area (Å²) in [6.45, 7) is 7.33. The number of esters is 1. The molecule has 33 heavy (non-hydrogen) atoms. The average molecular weight is 467 g/mol. The summed E-state index contributed by atoms with van der Waals surface area (Å²) >= 11 is 6.03. The molecule has 0 aliphatic carbocycles. The molecule has 0 spiro atoms. The van der Waals surface area contributed by atoms with Crippen LogP contribution in [0.4, 0.5) is 0 Å². The van der Waals surface area contributed by atoms with Crippen LogP contribution in [0.15, 0.2) is 62.2 Å². The van der Waals surface area contributed by atoms with Gasteiger partial charge in [0.2, 0.25) is 16.9 Å². The van der Waals surface area contributed by atoms with Gasteiger partial charge >= 0.3 is 5.97 Å². The molecular formula is C26H23ClO6. The molecule has 0 aliphatic heterocycles. The summed E-state index contributed by atoms with van der Waals surface area (Å²) in [5.74, 6) is 0.215. The van der Waals surface area contributed by atoms with E-state index in [0.717, 1.165) is 11.1 Å². The highest BCUT2D eigenvalue weighted by Gasteiger charge is 2.20. The maximum Gasteiger partial charge on any atom is 0.374 e. The van der Waals surface area contributed by atoms with E-state index in [0.29, 0.717) is 33.1 Å². The van der Waals surface area contributed by atoms with E-state index in [1.54, 1.807) is 50.2 Å². The second-order valence-electron chi connectivity index (χ2n) is 8.04. The van der Waals surface area contributed by atoms with Crippen molar-refractivity contribution < 1.29 is 23.1 Å². The van der Waals surface area contributed by atoms with Crippen LogP contribution in [0.2, 0.25) is 5.02 Å². The molecule has 170 valence electrons. The Morgan fingerprint density at radius 1 is 1.00 bits per heavy atom. The number of ether oxygens (including phenoxy) is 2. The van der Waals surface area contributed by atoms with Crippen molar-refractivity contribution in [1.29, 1.82) is 0 Å². The maximum atomic E-state index is 13.4. The molecule has 0 unspecified atom stereocenters. The third-order valence-corrected chi connectivity index (χ3v) is 5.39. The van der Waals surface area contributed by atoms with Crippen molar-refractivity contribution in [2.75, 3.05) is 0 Å². The van der Waals surface area contributed by atoms with Crippen LogP contribution < -0.4 is 10.2 Å². The lowest BCUT2D eigenvalue weighted by molar-refractivity contribution is 0.0337. The summed E-state index contributed by atoms with van der Waals surface area (Å²) in [5.41, 5.74) is 2.80. The number of hydrogen-bond acceptors (Lipinski definition) is 6. The third-order valence-electron chi connectivity index (χ3n) is 5.14. The number of fused-ring (bicyclic) bond motifs is 1. The van der Waals surface area contributed by atoms with E-state index in [-0.39, 0.29) is 29.6 Å². The van der Waals surface area contributed by atoms with E-state index >= 15 is 0 Å². The van der Waals surface area contributed by atoms with Gasteiger partial charge in [0.1, 0.15) is 18.0 Å². The summed E-state index contributed by atoms with van der Waals surface area (Å²) < 4.78 is 22.7. The van der Waals surface area contributed by atoms with E-state index in [9.17, 15) is 9.59 Å². The van der Waals surface area contributed by atoms with Crippen molar-refractivity contribution in [3.8, 4) is 17.1 Å². The van der Waals surface area contributed by atoms with Gasteiger partial charge in [0.15, 0.2) is 5.76 Å². The number of halogens is 1. The Morgan fingerprint density at radius 2 is 1.70 bits per heavy atom. The Kier molecular flexibility index (Phi) is 6.29. The van der Waals surface area contributed by atoms with Gasteiger partial charge in [-0.05, 0) is 87.4 Å². The highest BCUT2D eigenvalue weighted by atomic mass is 35.5. The Morgan fingerprint density at radius 3 is 2.39 bits per heavy atom. The van der Waals surface area contributed by atoms with Gasteiger partial charge in [-0.2, -0.15) is 0 Å². The molecule has 2 aromatic carbocycles. The van der Waals surface area contributed by atoms with Crippen LogP contribution in [0.25, 0.3) is 22.3 Å². The summed E-state index contributed by atoms with van der Waals surface area (Å²) in [6, 6.07) is 13.7. The predicted octanol–water partition coefficient (Wildman–Crippen LogP) is 6.47. The van der Waals surface area contributed by atoms with Gasteiger partial charge in [0, 0.05) is 10.6 Å². The molecule has 6 nitrogen and oxygen atoms in total. The van der Waals surface area contributed by atoms with Crippen LogP contribution in [0, 0.1) is 13.8 Å². The fourth-order valence-electron chi connectivity index (χ4n) is 3.34. The number of furan rings is 1. The molecule has 0 bridgehead atoms. The first-order valence-corrected chi connectivity index (χ1v) is 10.9. The van der Waals surface area contributed by atoms with E-state index < -0.39 is 5.97 Å². The Balaban J connectivity index is 1.73. The summed E-state index contributed by atoms with van der Waals surface area (Å²) in [5, 5.41) is 0.985. The zero-order valence-electron chi connectivity index (χ0n) is 18.7. The molecule has 0 atom stereocenters. The number of carbonyl (C=O) groups excluding carboxylic acids is 1. The molecule has 4 aromatic rings. The van der Waals surface area contributed by atoms with Crippen LogP contribution in [-0.4, -0.2) is 12.1 Å². The van der Waals surface area contributed by atoms with Gasteiger partial charge in [-0.3, -0.25) is 4.79 Å². The normalized spacial score (nSPS) is 11.2. The summed E-state index contributed by atoms with van der Waals surface area (Å²) in [4.78, 5) is 25.4. The zero-order valence-corrected chi connectivity index (χ0v) is 19.5. The molecule has 0 radical (unpaired) electrons. The highest BCUT2D eigenvalue weighted by molar-refractivity contribution is 6.30. The molecule has 0 N–H and O–H groups in total. The fourth-order valence-corrected chi connectivity index (χ4v) is 3.46. The first-order chi connectivity index (χ1) is 15.7. The molecule has 0 saturated carbocycles. The van der Waals surface area contributed by atoms with Gasteiger partial charge in [-0.25, -0.2) is 4.79 Å². The molecule has 0 amide bonds. The highest BCUT2D eigenvalue weighted by Crippen LogP contribution is 2.33. The minimum absolute atomic E-state index is 0.0517. The van der Waals surface area contributed by atoms with Gasteiger partial charge in [0.25, 0.3) is 0 Å². The standard InChI is InChI=1S/C26H23ClO6/c1-14(2)31-26(29)21-10-9-19(32-21)13-30-25-23(28)20-11-15(3)16(4)12-22(20)33-24(25)17-5-7-18(27)8-6-17/h5-12,14H,13H2,1-4H3. The van der Waals surface area contributed by atoms with E-state index in [1.807, 2.05) is 19.9 Å². The molecule has 4 rings (SSSR count). The maximum absolute atomic E-state index is 13.4. The lowest BCUT2D eigenvalue weighted by Crippen LogP contribution is -2.11. The first kappa shape index (κ1) is 22.7. The van der Waals surface area contributed by atoms with Crippen LogP contribution in [0.5, 0.6) is 5.75 Å². The van der Waals surface area contributed by atoms with E-state index in [2.05, 4.69) is 0 Å². The van der Waals surface area contributed by atoms with E-state index in [4.69, 9.17) is 29.9 Å². The lowest BCUT2D eigenvalue weighted by atomic mass is 10.0. The Labute approximate surface area is 195 Å². The van der Waals surface area contributed by atoms with Crippen molar-refractivity contribution in [1.82, 2.24) is 0 Å². The van der Waals surface area contributed by atoms with Gasteiger partial charge < -0.3 is 18.3 Å². The molecule has 7 heteroatoms. The van der Waals surface area contributed by atoms with Crippen LogP contribution in [0.3, 0.4) is 0 Å². The number of benzene rings is 2. The number of rotatable bonds is 6. The molecular weight excluding hydrogens is 444 g/mol. The third kappa shape index (κ3) is 4.81. The Bertz CT molecular complexity index is 1380. The lowest BCUT2D eigenvalue weighted by Gasteiger charge is -2.12. The van der Waals surface area contributed by atoms with Crippen molar-refractivity contribution in [3.63, 3.8) is 0 Å². The second-order valence-corrected chi connectivity index (χ2v) is 8.47. The zero-order chi connectivity index (χ0) is 23.7. The molecule has 0 saturated heterocycles. The number of carbonyl (C=O) groups is 1. The van der Waals surface area contributed by atoms with Crippen LogP contribution >= 0.6 is 11.6 Å². The Hall–Kier alpha value is -3.51. The minimum atomic E-state index is -0.561. The van der Waals surface area contributed by atoms with E-state index in [1.165, 1.54) is 6.07 Å². The van der Waals surface area contributed by atoms with Crippen molar-refractivity contribution in [2.45, 2.75) is 40.4 Å². The largest absolute Gasteiger partial charge is 0.478 e. The van der Waals surface area contributed by atoms with Crippen molar-refractivity contribution in [2.24, 2.45) is 0 Å².